The molecule has 31 heavy (non-hydrogen) atoms. The van der Waals surface area contributed by atoms with Gasteiger partial charge in [-0.15, -0.1) is 11.3 Å². The molecule has 0 saturated heterocycles. The Bertz CT molecular complexity index is 1290. The van der Waals surface area contributed by atoms with Gasteiger partial charge in [-0.3, -0.25) is 0 Å². The Morgan fingerprint density at radius 2 is 1.00 bits per heavy atom. The van der Waals surface area contributed by atoms with Crippen LogP contribution in [0.5, 0.6) is 0 Å². The Morgan fingerprint density at radius 3 is 1.48 bits per heavy atom. The van der Waals surface area contributed by atoms with Gasteiger partial charge in [-0.25, -0.2) is 4.98 Å². The van der Waals surface area contributed by atoms with Gasteiger partial charge < -0.3 is 0 Å². The van der Waals surface area contributed by atoms with E-state index >= 15 is 0 Å². The minimum Gasteiger partial charge on any atom is -0.236 e. The number of hydrogen-bond donors (Lipinski definition) is 0. The van der Waals surface area contributed by atoms with Crippen LogP contribution in [0.3, 0.4) is 0 Å². The molecule has 0 saturated carbocycles. The van der Waals surface area contributed by atoms with Crippen molar-refractivity contribution in [2.45, 2.75) is 19.6 Å². The number of fused-ring (bicyclic) bond motifs is 1. The van der Waals surface area contributed by atoms with E-state index in [1.165, 1.54) is 37.7 Å². The molecule has 1 aromatic heterocycles. The maximum absolute atomic E-state index is 4.77. The second-order valence-corrected chi connectivity index (χ2v) is 15.1. The minimum absolute atomic E-state index is 1.07. The van der Waals surface area contributed by atoms with E-state index in [2.05, 4.69) is 111 Å². The molecule has 0 aliphatic carbocycles. The molecule has 0 amide bonds. The zero-order valence-corrected chi connectivity index (χ0v) is 19.9. The molecule has 0 atom stereocenters. The summed E-state index contributed by atoms with van der Waals surface area (Å²) in [6.45, 7) is 7.16. The molecule has 0 radical (unpaired) electrons. The molecule has 0 spiro atoms. The van der Waals surface area contributed by atoms with Crippen molar-refractivity contribution in [2.75, 3.05) is 0 Å². The summed E-state index contributed by atoms with van der Waals surface area (Å²) >= 11 is 1.75. The van der Waals surface area contributed by atoms with Crippen molar-refractivity contribution in [3.8, 4) is 32.8 Å². The van der Waals surface area contributed by atoms with Gasteiger partial charge in [-0.1, -0.05) is 110 Å². The summed E-state index contributed by atoms with van der Waals surface area (Å²) in [5, 5.41) is 2.57. The fourth-order valence-electron chi connectivity index (χ4n) is 3.82. The van der Waals surface area contributed by atoms with Gasteiger partial charge in [0.25, 0.3) is 0 Å². The van der Waals surface area contributed by atoms with Crippen LogP contribution in [0.25, 0.3) is 43.0 Å². The first-order valence-electron chi connectivity index (χ1n) is 10.6. The van der Waals surface area contributed by atoms with E-state index in [1.807, 2.05) is 6.07 Å². The highest BCUT2D eigenvalue weighted by Gasteiger charge is 2.15. The molecule has 0 bridgehead atoms. The Balaban J connectivity index is 1.37. The van der Waals surface area contributed by atoms with E-state index in [4.69, 9.17) is 4.98 Å². The molecule has 5 rings (SSSR count). The van der Waals surface area contributed by atoms with E-state index in [-0.39, 0.29) is 0 Å². The lowest BCUT2D eigenvalue weighted by atomic mass is 10.00. The average Bonchev–Trinajstić information content (AvgIpc) is 3.23. The lowest BCUT2D eigenvalue weighted by Crippen LogP contribution is -2.37. The van der Waals surface area contributed by atoms with Crippen molar-refractivity contribution < 1.29 is 0 Å². The SMILES string of the molecule is C[Si](C)(C)c1ccc(-c2ccc(-c3ccc(-c4nc5ccccc5s4)cc3)cc2)cc1. The van der Waals surface area contributed by atoms with Gasteiger partial charge in [0, 0.05) is 5.56 Å². The number of para-hydroxylation sites is 1. The Labute approximate surface area is 189 Å². The van der Waals surface area contributed by atoms with Gasteiger partial charge in [0.2, 0.25) is 0 Å². The van der Waals surface area contributed by atoms with Crippen LogP contribution in [0.4, 0.5) is 0 Å². The predicted octanol–water partition coefficient (Wildman–Crippen LogP) is 7.84. The van der Waals surface area contributed by atoms with E-state index < -0.39 is 8.07 Å². The first kappa shape index (κ1) is 19.9. The molecule has 1 nitrogen and oxygen atoms in total. The lowest BCUT2D eigenvalue weighted by molar-refractivity contribution is 1.47. The van der Waals surface area contributed by atoms with Crippen LogP contribution >= 0.6 is 11.3 Å². The molecule has 152 valence electrons. The zero-order chi connectivity index (χ0) is 21.4. The topological polar surface area (TPSA) is 12.9 Å². The standard InChI is InChI=1S/C28H25NSSi/c1-31(2,3)25-18-16-23(17-19-25)21-10-8-20(9-11-21)22-12-14-24(15-13-22)28-29-26-6-4-5-7-27(26)30-28/h4-19H,1-3H3. The molecular formula is C28H25NSSi. The quantitative estimate of drug-likeness (QED) is 0.262. The van der Waals surface area contributed by atoms with E-state index in [1.54, 1.807) is 11.3 Å². The number of rotatable bonds is 4. The molecule has 4 aromatic carbocycles. The molecule has 5 aromatic rings. The van der Waals surface area contributed by atoms with E-state index in [9.17, 15) is 0 Å². The van der Waals surface area contributed by atoms with E-state index in [0.717, 1.165) is 10.5 Å². The minimum atomic E-state index is -1.25. The van der Waals surface area contributed by atoms with Gasteiger partial charge in [-0.05, 0) is 34.4 Å². The second kappa shape index (κ2) is 7.91. The van der Waals surface area contributed by atoms with Crippen LogP contribution in [-0.4, -0.2) is 13.1 Å². The van der Waals surface area contributed by atoms with E-state index in [0.29, 0.717) is 0 Å². The Kier molecular flexibility index (Phi) is 5.09. The van der Waals surface area contributed by atoms with Crippen LogP contribution < -0.4 is 5.19 Å². The number of hydrogen-bond acceptors (Lipinski definition) is 2. The average molecular weight is 436 g/mol. The van der Waals surface area contributed by atoms with Crippen molar-refractivity contribution in [3.05, 3.63) is 97.1 Å². The number of aromatic nitrogens is 1. The normalized spacial score (nSPS) is 11.7. The van der Waals surface area contributed by atoms with Crippen molar-refractivity contribution >= 4 is 34.8 Å². The fourth-order valence-corrected chi connectivity index (χ4v) is 5.96. The third kappa shape index (κ3) is 4.12. The monoisotopic (exact) mass is 435 g/mol. The third-order valence-electron chi connectivity index (χ3n) is 5.73. The van der Waals surface area contributed by atoms with Gasteiger partial charge in [0.1, 0.15) is 5.01 Å². The highest BCUT2D eigenvalue weighted by atomic mass is 32.1. The molecule has 0 fully saturated rings. The summed E-state index contributed by atoms with van der Waals surface area (Å²) in [5.74, 6) is 0. The summed E-state index contributed by atoms with van der Waals surface area (Å²) in [5.41, 5.74) is 7.24. The summed E-state index contributed by atoms with van der Waals surface area (Å²) in [4.78, 5) is 4.77. The van der Waals surface area contributed by atoms with Gasteiger partial charge >= 0.3 is 0 Å². The van der Waals surface area contributed by atoms with Gasteiger partial charge in [0.15, 0.2) is 0 Å². The van der Waals surface area contributed by atoms with Crippen LogP contribution in [-0.2, 0) is 0 Å². The van der Waals surface area contributed by atoms with Crippen LogP contribution in [0.2, 0.25) is 19.6 Å². The molecule has 0 unspecified atom stereocenters. The fraction of sp³-hybridized carbons (Fsp3) is 0.107. The smallest absolute Gasteiger partial charge is 0.124 e. The van der Waals surface area contributed by atoms with Crippen molar-refractivity contribution in [1.29, 1.82) is 0 Å². The first-order chi connectivity index (χ1) is 15.0. The summed E-state index contributed by atoms with van der Waals surface area (Å²) < 4.78 is 1.23. The molecule has 0 aliphatic heterocycles. The molecular weight excluding hydrogens is 410 g/mol. The number of thiazole rings is 1. The van der Waals surface area contributed by atoms with Crippen molar-refractivity contribution in [3.63, 3.8) is 0 Å². The Morgan fingerprint density at radius 1 is 0.548 bits per heavy atom. The van der Waals surface area contributed by atoms with Crippen molar-refractivity contribution in [2.24, 2.45) is 0 Å². The Hall–Kier alpha value is -3.01. The van der Waals surface area contributed by atoms with Crippen LogP contribution in [0.1, 0.15) is 0 Å². The molecule has 0 N–H and O–H groups in total. The maximum Gasteiger partial charge on any atom is 0.124 e. The molecule has 3 heteroatoms. The van der Waals surface area contributed by atoms with Crippen LogP contribution in [0.15, 0.2) is 97.1 Å². The summed E-state index contributed by atoms with van der Waals surface area (Å²) in [6, 6.07) is 35.1. The summed E-state index contributed by atoms with van der Waals surface area (Å²) in [6.07, 6.45) is 0. The van der Waals surface area contributed by atoms with Crippen LogP contribution in [0, 0.1) is 0 Å². The first-order valence-corrected chi connectivity index (χ1v) is 15.0. The molecule has 0 aliphatic rings. The van der Waals surface area contributed by atoms with Gasteiger partial charge in [-0.2, -0.15) is 0 Å². The highest BCUT2D eigenvalue weighted by Crippen LogP contribution is 2.32. The predicted molar refractivity (Wildman–Crippen MR) is 139 cm³/mol. The lowest BCUT2D eigenvalue weighted by Gasteiger charge is -2.16. The molecule has 1 heterocycles. The van der Waals surface area contributed by atoms with Crippen molar-refractivity contribution in [1.82, 2.24) is 4.98 Å². The third-order valence-corrected chi connectivity index (χ3v) is 8.88. The zero-order valence-electron chi connectivity index (χ0n) is 18.1. The number of benzene rings is 4. The largest absolute Gasteiger partial charge is 0.236 e. The summed E-state index contributed by atoms with van der Waals surface area (Å²) in [7, 11) is -1.25. The van der Waals surface area contributed by atoms with Gasteiger partial charge in [0.05, 0.1) is 18.3 Å². The number of nitrogens with zero attached hydrogens (tertiary/aromatic N) is 1. The second-order valence-electron chi connectivity index (χ2n) is 8.97. The highest BCUT2D eigenvalue weighted by molar-refractivity contribution is 7.21. The maximum atomic E-state index is 4.77.